The van der Waals surface area contributed by atoms with Crippen LogP contribution in [0.25, 0.3) is 20.7 Å². The summed E-state index contributed by atoms with van der Waals surface area (Å²) in [5.41, 5.74) is 2.84. The van der Waals surface area contributed by atoms with Crippen molar-refractivity contribution in [1.29, 1.82) is 0 Å². The Kier molecular flexibility index (Phi) is 5.85. The maximum Gasteiger partial charge on any atom is 0.237 e. The number of carbonyl (C=O) groups excluding carboxylic acids is 1. The van der Waals surface area contributed by atoms with Gasteiger partial charge in [0.25, 0.3) is 0 Å². The van der Waals surface area contributed by atoms with E-state index in [0.717, 1.165) is 36.9 Å². The van der Waals surface area contributed by atoms with Gasteiger partial charge in [0.2, 0.25) is 5.91 Å². The Bertz CT molecular complexity index is 1180. The van der Waals surface area contributed by atoms with E-state index in [2.05, 4.69) is 33.5 Å². The molecule has 2 aromatic carbocycles. The van der Waals surface area contributed by atoms with Gasteiger partial charge < -0.3 is 5.32 Å². The van der Waals surface area contributed by atoms with E-state index >= 15 is 0 Å². The summed E-state index contributed by atoms with van der Waals surface area (Å²) in [5.74, 6) is -0.0920. The Morgan fingerprint density at radius 2 is 1.93 bits per heavy atom. The molecule has 1 unspecified atom stereocenters. The van der Waals surface area contributed by atoms with Gasteiger partial charge in [-0.1, -0.05) is 59.8 Å². The number of aromatic nitrogens is 2. The van der Waals surface area contributed by atoms with Crippen LogP contribution in [0.15, 0.2) is 66.0 Å². The first-order chi connectivity index (χ1) is 14.0. The highest BCUT2D eigenvalue weighted by atomic mass is 35.5. The highest BCUT2D eigenvalue weighted by molar-refractivity contribution is 8.00. The molecular weight excluding hydrogens is 422 g/mol. The first-order valence-corrected chi connectivity index (χ1v) is 11.1. The average Bonchev–Trinajstić information content (AvgIpc) is 3.17. The van der Waals surface area contributed by atoms with Crippen molar-refractivity contribution in [2.45, 2.75) is 24.1 Å². The highest BCUT2D eigenvalue weighted by Gasteiger charge is 2.19. The van der Waals surface area contributed by atoms with Crippen LogP contribution >= 0.6 is 34.7 Å². The monoisotopic (exact) mass is 439 g/mol. The lowest BCUT2D eigenvalue weighted by molar-refractivity contribution is -0.115. The Morgan fingerprint density at radius 3 is 2.72 bits per heavy atom. The van der Waals surface area contributed by atoms with Crippen LogP contribution in [0.2, 0.25) is 5.02 Å². The second-order valence-electron chi connectivity index (χ2n) is 6.58. The van der Waals surface area contributed by atoms with E-state index in [1.165, 1.54) is 11.8 Å². The van der Waals surface area contributed by atoms with Gasteiger partial charge in [-0.05, 0) is 43.2 Å². The fraction of sp³-hybridized carbons (Fsp3) is 0.136. The first kappa shape index (κ1) is 19.9. The summed E-state index contributed by atoms with van der Waals surface area (Å²) < 4.78 is 0. The third-order valence-corrected chi connectivity index (χ3v) is 6.91. The van der Waals surface area contributed by atoms with E-state index in [0.29, 0.717) is 5.02 Å². The number of benzene rings is 2. The topological polar surface area (TPSA) is 54.9 Å². The number of aryl methyl sites for hydroxylation is 1. The lowest BCUT2D eigenvalue weighted by Crippen LogP contribution is -2.23. The van der Waals surface area contributed by atoms with Gasteiger partial charge in [0.1, 0.15) is 16.2 Å². The van der Waals surface area contributed by atoms with Crippen LogP contribution in [0.4, 0.5) is 5.69 Å². The second kappa shape index (κ2) is 8.53. The van der Waals surface area contributed by atoms with E-state index in [1.807, 2.05) is 44.2 Å². The smallest absolute Gasteiger partial charge is 0.237 e. The molecular formula is C22H18ClN3OS2. The summed E-state index contributed by atoms with van der Waals surface area (Å²) in [6.07, 6.45) is 1.56. The first-order valence-electron chi connectivity index (χ1n) is 9.05. The van der Waals surface area contributed by atoms with Crippen molar-refractivity contribution in [3.8, 4) is 10.4 Å². The molecule has 0 fully saturated rings. The molecule has 4 rings (SSSR count). The van der Waals surface area contributed by atoms with Crippen LogP contribution in [0.5, 0.6) is 0 Å². The third kappa shape index (κ3) is 4.45. The maximum absolute atomic E-state index is 12.7. The number of halogens is 1. The molecule has 0 bridgehead atoms. The van der Waals surface area contributed by atoms with Crippen LogP contribution in [-0.2, 0) is 4.79 Å². The lowest BCUT2D eigenvalue weighted by atomic mass is 10.2. The number of thiophene rings is 1. The third-order valence-electron chi connectivity index (χ3n) is 4.47. The molecule has 0 aliphatic rings. The number of thioether (sulfide) groups is 1. The number of nitrogens with one attached hydrogen (secondary N) is 1. The van der Waals surface area contributed by atoms with Crippen LogP contribution in [0, 0.1) is 6.92 Å². The standard InChI is InChI=1S/C22H18ClN3OS2/c1-13-8-9-16(23)10-18(13)26-20(27)14(2)28-21-17-11-19(15-6-4-3-5-7-15)29-22(17)25-12-24-21/h3-12,14H,1-2H3,(H,26,27). The number of amides is 1. The molecule has 2 aromatic heterocycles. The van der Waals surface area contributed by atoms with Crippen molar-refractivity contribution in [2.24, 2.45) is 0 Å². The minimum absolute atomic E-state index is 0.0920. The molecule has 2 heterocycles. The zero-order valence-electron chi connectivity index (χ0n) is 15.8. The number of fused-ring (bicyclic) bond motifs is 1. The minimum atomic E-state index is -0.327. The summed E-state index contributed by atoms with van der Waals surface area (Å²) in [7, 11) is 0. The summed E-state index contributed by atoms with van der Waals surface area (Å²) >= 11 is 9.11. The van der Waals surface area contributed by atoms with Gasteiger partial charge in [-0.15, -0.1) is 11.3 Å². The summed E-state index contributed by atoms with van der Waals surface area (Å²) in [4.78, 5) is 23.6. The summed E-state index contributed by atoms with van der Waals surface area (Å²) in [6, 6.07) is 17.8. The van der Waals surface area contributed by atoms with Gasteiger partial charge in [-0.3, -0.25) is 4.79 Å². The molecule has 0 spiro atoms. The molecule has 7 heteroatoms. The van der Waals surface area contributed by atoms with Gasteiger partial charge in [0.05, 0.1) is 5.25 Å². The SMILES string of the molecule is Cc1ccc(Cl)cc1NC(=O)C(C)Sc1ncnc2sc(-c3ccccc3)cc12. The molecule has 0 radical (unpaired) electrons. The second-order valence-corrected chi connectivity index (χ2v) is 9.38. The maximum atomic E-state index is 12.7. The number of anilines is 1. The number of carbonyl (C=O) groups is 1. The normalized spacial score (nSPS) is 12.1. The lowest BCUT2D eigenvalue weighted by Gasteiger charge is -2.13. The Balaban J connectivity index is 1.56. The predicted molar refractivity (Wildman–Crippen MR) is 123 cm³/mol. The van der Waals surface area contributed by atoms with Gasteiger partial charge in [0.15, 0.2) is 0 Å². The zero-order valence-corrected chi connectivity index (χ0v) is 18.2. The average molecular weight is 440 g/mol. The van der Waals surface area contributed by atoms with E-state index < -0.39 is 0 Å². The zero-order chi connectivity index (χ0) is 20.4. The van der Waals surface area contributed by atoms with Crippen LogP contribution < -0.4 is 5.32 Å². The van der Waals surface area contributed by atoms with Gasteiger partial charge >= 0.3 is 0 Å². The number of hydrogen-bond acceptors (Lipinski definition) is 5. The van der Waals surface area contributed by atoms with Gasteiger partial charge in [0, 0.05) is 21.0 Å². The molecule has 1 amide bonds. The van der Waals surface area contributed by atoms with Crippen molar-refractivity contribution in [3.05, 3.63) is 71.5 Å². The highest BCUT2D eigenvalue weighted by Crippen LogP contribution is 2.37. The van der Waals surface area contributed by atoms with Crippen molar-refractivity contribution >= 4 is 56.5 Å². The molecule has 29 heavy (non-hydrogen) atoms. The van der Waals surface area contributed by atoms with E-state index in [9.17, 15) is 4.79 Å². The van der Waals surface area contributed by atoms with Crippen molar-refractivity contribution in [3.63, 3.8) is 0 Å². The van der Waals surface area contributed by atoms with E-state index in [-0.39, 0.29) is 11.2 Å². The molecule has 1 atom stereocenters. The summed E-state index contributed by atoms with van der Waals surface area (Å²) in [6.45, 7) is 3.81. The molecule has 4 nitrogen and oxygen atoms in total. The molecule has 146 valence electrons. The number of nitrogens with zero attached hydrogens (tertiary/aromatic N) is 2. The van der Waals surface area contributed by atoms with Crippen LogP contribution in [-0.4, -0.2) is 21.1 Å². The number of hydrogen-bond donors (Lipinski definition) is 1. The minimum Gasteiger partial charge on any atom is -0.325 e. The van der Waals surface area contributed by atoms with Crippen molar-refractivity contribution in [2.75, 3.05) is 5.32 Å². The van der Waals surface area contributed by atoms with Crippen molar-refractivity contribution in [1.82, 2.24) is 9.97 Å². The fourth-order valence-electron chi connectivity index (χ4n) is 2.86. The van der Waals surface area contributed by atoms with Crippen molar-refractivity contribution < 1.29 is 4.79 Å². The quantitative estimate of drug-likeness (QED) is 0.287. The van der Waals surface area contributed by atoms with E-state index in [4.69, 9.17) is 11.6 Å². The molecule has 0 saturated heterocycles. The van der Waals surface area contributed by atoms with Gasteiger partial charge in [-0.2, -0.15) is 0 Å². The van der Waals surface area contributed by atoms with Crippen LogP contribution in [0.3, 0.4) is 0 Å². The Hall–Kier alpha value is -2.41. The largest absolute Gasteiger partial charge is 0.325 e. The Morgan fingerprint density at radius 1 is 1.14 bits per heavy atom. The van der Waals surface area contributed by atoms with Crippen LogP contribution in [0.1, 0.15) is 12.5 Å². The Labute approximate surface area is 182 Å². The molecule has 4 aromatic rings. The van der Waals surface area contributed by atoms with E-state index in [1.54, 1.807) is 23.7 Å². The molecule has 0 saturated carbocycles. The fourth-order valence-corrected chi connectivity index (χ4v) is 4.99. The number of rotatable bonds is 5. The van der Waals surface area contributed by atoms with Gasteiger partial charge in [-0.25, -0.2) is 9.97 Å². The molecule has 0 aliphatic heterocycles. The predicted octanol–water partition coefficient (Wildman–Crippen LogP) is 6.44. The summed E-state index contributed by atoms with van der Waals surface area (Å²) in [5, 5.41) is 5.01. The molecule has 1 N–H and O–H groups in total. The molecule has 0 aliphatic carbocycles.